The summed E-state index contributed by atoms with van der Waals surface area (Å²) in [5.74, 6) is 0. The van der Waals surface area contributed by atoms with Crippen LogP contribution in [0.15, 0.2) is 12.4 Å². The maximum absolute atomic E-state index is 2.64. The molecular formula is C27H54N2. The van der Waals surface area contributed by atoms with Crippen LogP contribution in [-0.2, 0) is 0 Å². The van der Waals surface area contributed by atoms with Crippen LogP contribution < -0.4 is 0 Å². The fraction of sp³-hybridized carbons (Fsp3) is 0.926. The normalized spacial score (nSPS) is 16.5. The van der Waals surface area contributed by atoms with Crippen molar-refractivity contribution in [3.8, 4) is 0 Å². The molecule has 0 amide bonds. The summed E-state index contributed by atoms with van der Waals surface area (Å²) in [4.78, 5) is 5.23. The van der Waals surface area contributed by atoms with Gasteiger partial charge in [-0.1, -0.05) is 110 Å². The lowest BCUT2D eigenvalue weighted by Crippen LogP contribution is -2.42. The smallest absolute Gasteiger partial charge is 0.101 e. The lowest BCUT2D eigenvalue weighted by molar-refractivity contribution is 0.114. The van der Waals surface area contributed by atoms with Gasteiger partial charge in [0, 0.05) is 25.0 Å². The molecule has 2 nitrogen and oxygen atoms in total. The molecule has 0 fully saturated rings. The van der Waals surface area contributed by atoms with Gasteiger partial charge in [0.15, 0.2) is 0 Å². The van der Waals surface area contributed by atoms with E-state index < -0.39 is 0 Å². The zero-order chi connectivity index (χ0) is 21.2. The maximum atomic E-state index is 2.64. The molecule has 0 saturated carbocycles. The van der Waals surface area contributed by atoms with Crippen LogP contribution in [0.3, 0.4) is 0 Å². The van der Waals surface area contributed by atoms with Gasteiger partial charge in [-0.3, -0.25) is 0 Å². The Kier molecular flexibility index (Phi) is 16.5. The summed E-state index contributed by atoms with van der Waals surface area (Å²) in [6.45, 7) is 10.5. The number of nitrogens with zero attached hydrogens (tertiary/aromatic N) is 2. The first kappa shape index (κ1) is 26.4. The van der Waals surface area contributed by atoms with Gasteiger partial charge in [-0.05, 0) is 33.1 Å². The molecule has 0 aromatic carbocycles. The highest BCUT2D eigenvalue weighted by Gasteiger charge is 2.26. The molecule has 0 aromatic heterocycles. The van der Waals surface area contributed by atoms with Gasteiger partial charge < -0.3 is 9.80 Å². The Labute approximate surface area is 184 Å². The van der Waals surface area contributed by atoms with Crippen LogP contribution in [-0.4, -0.2) is 28.6 Å². The second-order valence-electron chi connectivity index (χ2n) is 9.65. The van der Waals surface area contributed by atoms with Crippen LogP contribution in [0.1, 0.15) is 143 Å². The summed E-state index contributed by atoms with van der Waals surface area (Å²) >= 11 is 0. The molecule has 1 heterocycles. The average Bonchev–Trinajstić information content (AvgIpc) is 3.11. The molecule has 2 heteroatoms. The highest BCUT2D eigenvalue weighted by atomic mass is 15.4. The van der Waals surface area contributed by atoms with Crippen molar-refractivity contribution >= 4 is 0 Å². The molecule has 0 radical (unpaired) electrons. The predicted molar refractivity (Wildman–Crippen MR) is 131 cm³/mol. The standard InChI is InChI=1S/C27H54N2/c1-5-7-9-11-13-15-16-18-20-22-27-28(24-25-29(27)26(3)4)23-21-19-17-14-12-10-8-6-2/h24-27H,5-23H2,1-4H3. The fourth-order valence-electron chi connectivity index (χ4n) is 4.65. The Morgan fingerprint density at radius 1 is 0.586 bits per heavy atom. The van der Waals surface area contributed by atoms with Gasteiger partial charge in [0.2, 0.25) is 0 Å². The Hall–Kier alpha value is -0.660. The topological polar surface area (TPSA) is 6.48 Å². The Morgan fingerprint density at radius 2 is 1.03 bits per heavy atom. The predicted octanol–water partition coefficient (Wildman–Crippen LogP) is 8.87. The Bertz CT molecular complexity index is 377. The molecule has 0 saturated heterocycles. The lowest BCUT2D eigenvalue weighted by Gasteiger charge is -2.35. The third-order valence-electron chi connectivity index (χ3n) is 6.59. The van der Waals surface area contributed by atoms with Gasteiger partial charge in [0.25, 0.3) is 0 Å². The molecule has 0 aromatic rings. The summed E-state index contributed by atoms with van der Waals surface area (Å²) in [7, 11) is 0. The number of hydrogen-bond acceptors (Lipinski definition) is 2. The van der Waals surface area contributed by atoms with Crippen molar-refractivity contribution in [2.24, 2.45) is 0 Å². The summed E-state index contributed by atoms with van der Waals surface area (Å²) in [5, 5.41) is 0. The molecule has 0 N–H and O–H groups in total. The number of rotatable bonds is 20. The summed E-state index contributed by atoms with van der Waals surface area (Å²) in [5.41, 5.74) is 0. The Balaban J connectivity index is 2.15. The minimum atomic E-state index is 0.610. The van der Waals surface area contributed by atoms with E-state index in [1.54, 1.807) is 0 Å². The fourth-order valence-corrected chi connectivity index (χ4v) is 4.65. The van der Waals surface area contributed by atoms with E-state index in [1.165, 1.54) is 122 Å². The van der Waals surface area contributed by atoms with Crippen molar-refractivity contribution in [1.82, 2.24) is 9.80 Å². The third kappa shape index (κ3) is 12.6. The van der Waals surface area contributed by atoms with Crippen molar-refractivity contribution in [2.75, 3.05) is 6.54 Å². The second-order valence-corrected chi connectivity index (χ2v) is 9.65. The number of unbranched alkanes of at least 4 members (excludes halogenated alkanes) is 15. The lowest BCUT2D eigenvalue weighted by atomic mass is 10.0. The molecular weight excluding hydrogens is 352 g/mol. The van der Waals surface area contributed by atoms with Gasteiger partial charge in [-0.25, -0.2) is 0 Å². The molecule has 0 aliphatic carbocycles. The van der Waals surface area contributed by atoms with Crippen LogP contribution >= 0.6 is 0 Å². The maximum Gasteiger partial charge on any atom is 0.101 e. The minimum absolute atomic E-state index is 0.610. The monoisotopic (exact) mass is 406 g/mol. The Morgan fingerprint density at radius 3 is 1.52 bits per heavy atom. The van der Waals surface area contributed by atoms with Crippen LogP contribution in [0.2, 0.25) is 0 Å². The molecule has 172 valence electrons. The van der Waals surface area contributed by atoms with Crippen LogP contribution in [0.25, 0.3) is 0 Å². The quantitative estimate of drug-likeness (QED) is 0.186. The van der Waals surface area contributed by atoms with E-state index in [0.717, 1.165) is 0 Å². The molecule has 0 bridgehead atoms. The number of hydrogen-bond donors (Lipinski definition) is 0. The second kappa shape index (κ2) is 18.1. The average molecular weight is 407 g/mol. The van der Waals surface area contributed by atoms with Crippen molar-refractivity contribution in [2.45, 2.75) is 155 Å². The molecule has 29 heavy (non-hydrogen) atoms. The van der Waals surface area contributed by atoms with Gasteiger partial charge in [0.05, 0.1) is 0 Å². The first-order chi connectivity index (χ1) is 14.2. The van der Waals surface area contributed by atoms with Crippen molar-refractivity contribution in [1.29, 1.82) is 0 Å². The molecule has 1 aliphatic rings. The van der Waals surface area contributed by atoms with Crippen molar-refractivity contribution < 1.29 is 0 Å². The van der Waals surface area contributed by atoms with Crippen molar-refractivity contribution in [3.05, 3.63) is 12.4 Å². The minimum Gasteiger partial charge on any atom is -0.356 e. The highest BCUT2D eigenvalue weighted by molar-refractivity contribution is 4.98. The highest BCUT2D eigenvalue weighted by Crippen LogP contribution is 2.24. The van der Waals surface area contributed by atoms with Gasteiger partial charge in [0.1, 0.15) is 6.17 Å². The molecule has 1 unspecified atom stereocenters. The zero-order valence-electron chi connectivity index (χ0n) is 20.6. The summed E-state index contributed by atoms with van der Waals surface area (Å²) in [6, 6.07) is 0.610. The molecule has 0 spiro atoms. The van der Waals surface area contributed by atoms with Crippen molar-refractivity contribution in [3.63, 3.8) is 0 Å². The van der Waals surface area contributed by atoms with Crippen LogP contribution in [0.5, 0.6) is 0 Å². The van der Waals surface area contributed by atoms with E-state index in [2.05, 4.69) is 49.9 Å². The molecule has 1 rings (SSSR count). The van der Waals surface area contributed by atoms with E-state index in [1.807, 2.05) is 0 Å². The van der Waals surface area contributed by atoms with Gasteiger partial charge in [-0.2, -0.15) is 0 Å². The van der Waals surface area contributed by atoms with E-state index in [4.69, 9.17) is 0 Å². The van der Waals surface area contributed by atoms with E-state index in [9.17, 15) is 0 Å². The third-order valence-corrected chi connectivity index (χ3v) is 6.59. The largest absolute Gasteiger partial charge is 0.356 e. The SMILES string of the molecule is CCCCCCCCCCCC1N(CCCCCCCCCC)C=CN1C(C)C. The van der Waals surface area contributed by atoms with Gasteiger partial charge in [-0.15, -0.1) is 0 Å². The molecule has 1 atom stereocenters. The molecule has 1 aliphatic heterocycles. The first-order valence-electron chi connectivity index (χ1n) is 13.4. The van der Waals surface area contributed by atoms with Crippen LogP contribution in [0, 0.1) is 0 Å². The zero-order valence-corrected chi connectivity index (χ0v) is 20.6. The first-order valence-corrected chi connectivity index (χ1v) is 13.4. The van der Waals surface area contributed by atoms with Crippen LogP contribution in [0.4, 0.5) is 0 Å². The van der Waals surface area contributed by atoms with E-state index in [-0.39, 0.29) is 0 Å². The van der Waals surface area contributed by atoms with E-state index in [0.29, 0.717) is 12.2 Å². The van der Waals surface area contributed by atoms with E-state index >= 15 is 0 Å². The summed E-state index contributed by atoms with van der Waals surface area (Å²) in [6.07, 6.45) is 30.8. The summed E-state index contributed by atoms with van der Waals surface area (Å²) < 4.78 is 0. The van der Waals surface area contributed by atoms with Gasteiger partial charge >= 0.3 is 0 Å².